The number of nitrogens with zero attached hydrogens (tertiary/aromatic N) is 4. The number of thioether (sulfide) groups is 1. The van der Waals surface area contributed by atoms with Crippen LogP contribution in [0.4, 0.5) is 11.4 Å². The number of nitrogens with one attached hydrogen (secondary N) is 2. The number of carbonyl (C=O) groups excluding carboxylic acids is 2. The van der Waals surface area contributed by atoms with Crippen LogP contribution in [0, 0.1) is 13.8 Å². The van der Waals surface area contributed by atoms with Crippen molar-refractivity contribution < 1.29 is 9.59 Å². The van der Waals surface area contributed by atoms with Crippen molar-refractivity contribution in [2.75, 3.05) is 10.6 Å². The lowest BCUT2D eigenvalue weighted by Gasteiger charge is -2.13. The van der Waals surface area contributed by atoms with E-state index in [1.165, 1.54) is 18.7 Å². The molecule has 150 valence electrons. The number of aromatic nitrogens is 4. The van der Waals surface area contributed by atoms with Gasteiger partial charge in [-0.15, -0.1) is 5.10 Å². The van der Waals surface area contributed by atoms with Crippen LogP contribution in [0.1, 0.15) is 25.0 Å². The number of rotatable bonds is 6. The second-order valence-corrected chi connectivity index (χ2v) is 7.98. The summed E-state index contributed by atoms with van der Waals surface area (Å²) in [6.45, 7) is 7.27. The molecule has 0 saturated heterocycles. The van der Waals surface area contributed by atoms with Crippen LogP contribution in [0.25, 0.3) is 5.69 Å². The van der Waals surface area contributed by atoms with Crippen LogP contribution in [0.3, 0.4) is 0 Å². The average Bonchev–Trinajstić information content (AvgIpc) is 3.10. The quantitative estimate of drug-likeness (QED) is 0.604. The summed E-state index contributed by atoms with van der Waals surface area (Å²) in [7, 11) is 0. The Morgan fingerprint density at radius 3 is 2.31 bits per heavy atom. The molecule has 0 bridgehead atoms. The first-order chi connectivity index (χ1) is 13.8. The first kappa shape index (κ1) is 20.5. The molecule has 8 nitrogen and oxygen atoms in total. The van der Waals surface area contributed by atoms with Crippen LogP contribution in [0.2, 0.25) is 0 Å². The van der Waals surface area contributed by atoms with Crippen molar-refractivity contribution in [3.05, 3.63) is 53.6 Å². The van der Waals surface area contributed by atoms with Gasteiger partial charge in [0.1, 0.15) is 0 Å². The van der Waals surface area contributed by atoms with Crippen molar-refractivity contribution in [1.82, 2.24) is 20.2 Å². The second-order valence-electron chi connectivity index (χ2n) is 6.67. The molecule has 2 aromatic carbocycles. The van der Waals surface area contributed by atoms with E-state index in [-0.39, 0.29) is 11.8 Å². The maximum Gasteiger partial charge on any atom is 0.237 e. The van der Waals surface area contributed by atoms with E-state index in [0.717, 1.165) is 16.8 Å². The summed E-state index contributed by atoms with van der Waals surface area (Å²) in [5.41, 5.74) is 4.40. The molecule has 3 rings (SSSR count). The van der Waals surface area contributed by atoms with E-state index in [0.29, 0.717) is 16.5 Å². The van der Waals surface area contributed by atoms with Gasteiger partial charge >= 0.3 is 0 Å². The van der Waals surface area contributed by atoms with Gasteiger partial charge in [0.15, 0.2) is 0 Å². The normalized spacial score (nSPS) is 11.7. The summed E-state index contributed by atoms with van der Waals surface area (Å²) >= 11 is 1.28. The Morgan fingerprint density at radius 1 is 1.03 bits per heavy atom. The fourth-order valence-corrected chi connectivity index (χ4v) is 3.54. The zero-order valence-electron chi connectivity index (χ0n) is 16.6. The average molecular weight is 411 g/mol. The van der Waals surface area contributed by atoms with Crippen molar-refractivity contribution in [2.24, 2.45) is 0 Å². The summed E-state index contributed by atoms with van der Waals surface area (Å²) in [4.78, 5) is 23.7. The number of hydrogen-bond acceptors (Lipinski definition) is 6. The Bertz CT molecular complexity index is 1030. The van der Waals surface area contributed by atoms with E-state index < -0.39 is 5.25 Å². The Kier molecular flexibility index (Phi) is 6.28. The van der Waals surface area contributed by atoms with Crippen LogP contribution in [0.5, 0.6) is 0 Å². The highest BCUT2D eigenvalue weighted by atomic mass is 32.2. The smallest absolute Gasteiger partial charge is 0.237 e. The Hall–Kier alpha value is -3.20. The highest BCUT2D eigenvalue weighted by Crippen LogP contribution is 2.25. The molecule has 1 atom stereocenters. The van der Waals surface area contributed by atoms with Crippen LogP contribution in [-0.4, -0.2) is 37.3 Å². The molecule has 0 saturated carbocycles. The van der Waals surface area contributed by atoms with Crippen molar-refractivity contribution in [2.45, 2.75) is 38.1 Å². The zero-order valence-corrected chi connectivity index (χ0v) is 17.4. The molecule has 1 heterocycles. The van der Waals surface area contributed by atoms with Crippen molar-refractivity contribution in [1.29, 1.82) is 0 Å². The fourth-order valence-electron chi connectivity index (χ4n) is 2.74. The number of aryl methyl sites for hydroxylation is 2. The van der Waals surface area contributed by atoms with Crippen LogP contribution < -0.4 is 10.6 Å². The number of carbonyl (C=O) groups is 2. The van der Waals surface area contributed by atoms with Gasteiger partial charge in [-0.25, -0.2) is 0 Å². The lowest BCUT2D eigenvalue weighted by molar-refractivity contribution is -0.115. The predicted octanol–water partition coefficient (Wildman–Crippen LogP) is 3.36. The van der Waals surface area contributed by atoms with E-state index in [2.05, 4.69) is 32.2 Å². The Morgan fingerprint density at radius 2 is 1.69 bits per heavy atom. The second kappa shape index (κ2) is 8.87. The van der Waals surface area contributed by atoms with E-state index >= 15 is 0 Å². The van der Waals surface area contributed by atoms with Gasteiger partial charge in [0, 0.05) is 18.3 Å². The molecule has 0 aliphatic rings. The third-order valence-corrected chi connectivity index (χ3v) is 5.18. The monoisotopic (exact) mass is 410 g/mol. The van der Waals surface area contributed by atoms with Gasteiger partial charge in [-0.1, -0.05) is 29.5 Å². The van der Waals surface area contributed by atoms with Gasteiger partial charge in [0.05, 0.1) is 10.9 Å². The summed E-state index contributed by atoms with van der Waals surface area (Å²) in [5, 5.41) is 17.6. The SMILES string of the molecule is CC(=O)Nc1ccc(NC(=O)[C@@H](C)Sc2nnnn2-c2ccc(C)cc2C)cc1. The van der Waals surface area contributed by atoms with Gasteiger partial charge in [-0.2, -0.15) is 4.68 Å². The van der Waals surface area contributed by atoms with Crippen molar-refractivity contribution in [3.8, 4) is 5.69 Å². The van der Waals surface area contributed by atoms with Crippen LogP contribution >= 0.6 is 11.8 Å². The van der Waals surface area contributed by atoms with Crippen molar-refractivity contribution in [3.63, 3.8) is 0 Å². The topological polar surface area (TPSA) is 102 Å². The zero-order chi connectivity index (χ0) is 21.0. The molecule has 2 N–H and O–H groups in total. The number of hydrogen-bond donors (Lipinski definition) is 2. The summed E-state index contributed by atoms with van der Waals surface area (Å²) in [5.74, 6) is -0.314. The lowest BCUT2D eigenvalue weighted by Crippen LogP contribution is -2.23. The van der Waals surface area contributed by atoms with E-state index in [9.17, 15) is 9.59 Å². The number of anilines is 2. The van der Waals surface area contributed by atoms with E-state index in [1.807, 2.05) is 26.0 Å². The lowest BCUT2D eigenvalue weighted by atomic mass is 10.1. The first-order valence-corrected chi connectivity index (χ1v) is 9.92. The van der Waals surface area contributed by atoms with Gasteiger partial charge in [-0.05, 0) is 67.1 Å². The largest absolute Gasteiger partial charge is 0.326 e. The molecule has 1 aromatic heterocycles. The minimum absolute atomic E-state index is 0.145. The van der Waals surface area contributed by atoms with Gasteiger partial charge < -0.3 is 10.6 Å². The van der Waals surface area contributed by atoms with Gasteiger partial charge in [-0.3, -0.25) is 9.59 Å². The van der Waals surface area contributed by atoms with Gasteiger partial charge in [0.2, 0.25) is 17.0 Å². The number of benzene rings is 2. The molecule has 0 unspecified atom stereocenters. The fraction of sp³-hybridized carbons (Fsp3) is 0.250. The minimum atomic E-state index is -0.416. The highest BCUT2D eigenvalue weighted by molar-refractivity contribution is 8.00. The summed E-state index contributed by atoms with van der Waals surface area (Å²) in [6.07, 6.45) is 0. The molecule has 0 spiro atoms. The first-order valence-electron chi connectivity index (χ1n) is 9.04. The van der Waals surface area contributed by atoms with Crippen LogP contribution in [-0.2, 0) is 9.59 Å². The van der Waals surface area contributed by atoms with Crippen molar-refractivity contribution >= 4 is 35.0 Å². The highest BCUT2D eigenvalue weighted by Gasteiger charge is 2.20. The molecule has 3 aromatic rings. The third kappa shape index (κ3) is 5.20. The van der Waals surface area contributed by atoms with E-state index in [1.54, 1.807) is 35.9 Å². The maximum absolute atomic E-state index is 12.6. The predicted molar refractivity (Wildman–Crippen MR) is 113 cm³/mol. The Balaban J connectivity index is 1.68. The molecule has 29 heavy (non-hydrogen) atoms. The maximum atomic E-state index is 12.6. The molecule has 2 amide bonds. The third-order valence-electron chi connectivity index (χ3n) is 4.15. The molecule has 9 heteroatoms. The molecule has 0 fully saturated rings. The minimum Gasteiger partial charge on any atom is -0.326 e. The van der Waals surface area contributed by atoms with Crippen LogP contribution in [0.15, 0.2) is 47.6 Å². The molecule has 0 aliphatic heterocycles. The molecular weight excluding hydrogens is 388 g/mol. The molecular formula is C20H22N6O2S. The molecule has 0 radical (unpaired) electrons. The van der Waals surface area contributed by atoms with E-state index in [4.69, 9.17) is 0 Å². The summed E-state index contributed by atoms with van der Waals surface area (Å²) < 4.78 is 1.64. The Labute approximate surface area is 173 Å². The number of tetrazole rings is 1. The summed E-state index contributed by atoms with van der Waals surface area (Å²) in [6, 6.07) is 13.0. The molecule has 0 aliphatic carbocycles. The standard InChI is InChI=1S/C20H22N6O2S/c1-12-5-10-18(13(2)11-12)26-20(23-24-25-26)29-14(3)19(28)22-17-8-6-16(7-9-17)21-15(4)27/h5-11,14H,1-4H3,(H,21,27)(H,22,28)/t14-/m1/s1. The number of amides is 2. The van der Waals surface area contributed by atoms with Gasteiger partial charge in [0.25, 0.3) is 0 Å².